The van der Waals surface area contributed by atoms with Crippen molar-refractivity contribution in [2.75, 3.05) is 6.61 Å². The van der Waals surface area contributed by atoms with E-state index >= 15 is 0 Å². The van der Waals surface area contributed by atoms with Gasteiger partial charge in [0.1, 0.15) is 6.04 Å². The lowest BCUT2D eigenvalue weighted by molar-refractivity contribution is -0.144. The third-order valence-corrected chi connectivity index (χ3v) is 3.58. The summed E-state index contributed by atoms with van der Waals surface area (Å²) >= 11 is 0. The molecule has 0 bridgehead atoms. The molecule has 7 nitrogen and oxygen atoms in total. The van der Waals surface area contributed by atoms with Gasteiger partial charge in [-0.25, -0.2) is 0 Å². The second kappa shape index (κ2) is 13.9. The summed E-state index contributed by atoms with van der Waals surface area (Å²) in [5.74, 6) is -1.58. The van der Waals surface area contributed by atoms with Crippen LogP contribution in [-0.2, 0) is 20.7 Å². The van der Waals surface area contributed by atoms with Crippen LogP contribution in [0.1, 0.15) is 57.9 Å². The number of aliphatic carboxylic acids is 1. The summed E-state index contributed by atoms with van der Waals surface area (Å²) in [5.41, 5.74) is 6.27. The maximum absolute atomic E-state index is 11.2. The van der Waals surface area contributed by atoms with Crippen molar-refractivity contribution in [2.45, 2.75) is 64.8 Å². The molecule has 0 saturated heterocycles. The van der Waals surface area contributed by atoms with Crippen LogP contribution in [0.2, 0.25) is 0 Å². The molecule has 0 radical (unpaired) electrons. The molecule has 148 valence electrons. The lowest BCUT2D eigenvalue weighted by Crippen LogP contribution is -2.34. The molecule has 1 aromatic rings. The van der Waals surface area contributed by atoms with Gasteiger partial charge in [0.25, 0.3) is 0 Å². The molecule has 0 spiro atoms. The number of rotatable bonds is 10. The van der Waals surface area contributed by atoms with Crippen molar-refractivity contribution in [3.63, 3.8) is 0 Å². The molecule has 0 aliphatic rings. The molecule has 0 heterocycles. The Balaban J connectivity index is 0.000000541. The summed E-state index contributed by atoms with van der Waals surface area (Å²) in [5, 5.41) is 26.6. The molecule has 1 atom stereocenters. The molecule has 0 aliphatic heterocycles. The summed E-state index contributed by atoms with van der Waals surface area (Å²) in [4.78, 5) is 21.3. The zero-order valence-corrected chi connectivity index (χ0v) is 15.6. The Bertz CT molecular complexity index is 547. The maximum Gasteiger partial charge on any atom is 0.323 e. The first-order chi connectivity index (χ1) is 12.3. The monoisotopic (exact) mass is 369 g/mol. The average Bonchev–Trinajstić information content (AvgIpc) is 2.58. The van der Waals surface area contributed by atoms with Crippen molar-refractivity contribution in [2.24, 2.45) is 5.73 Å². The number of unbranched alkanes of at least 4 members (excludes halogenated alkanes) is 4. The van der Waals surface area contributed by atoms with Crippen LogP contribution in [0.5, 0.6) is 11.5 Å². The van der Waals surface area contributed by atoms with Crippen molar-refractivity contribution in [3.8, 4) is 11.5 Å². The number of ether oxygens (including phenoxy) is 1. The van der Waals surface area contributed by atoms with E-state index in [4.69, 9.17) is 20.7 Å². The van der Waals surface area contributed by atoms with Gasteiger partial charge in [0.15, 0.2) is 11.5 Å². The fourth-order valence-corrected chi connectivity index (χ4v) is 2.16. The summed E-state index contributed by atoms with van der Waals surface area (Å²) in [6.45, 7) is 4.14. The Morgan fingerprint density at radius 3 is 2.27 bits per heavy atom. The van der Waals surface area contributed by atoms with Gasteiger partial charge in [-0.1, -0.05) is 38.7 Å². The van der Waals surface area contributed by atoms with Gasteiger partial charge < -0.3 is 25.8 Å². The Labute approximate surface area is 154 Å². The lowest BCUT2D eigenvalue weighted by atomic mass is 10.1. The summed E-state index contributed by atoms with van der Waals surface area (Å²) in [6, 6.07) is 3.55. The SMILES string of the molecule is CCCCCCCC(=O)O.CCOC(=O)[C@@H](N)Cc1ccc(O)c(O)c1. The van der Waals surface area contributed by atoms with Crippen molar-refractivity contribution < 1.29 is 29.6 Å². The Morgan fingerprint density at radius 1 is 1.08 bits per heavy atom. The topological polar surface area (TPSA) is 130 Å². The molecule has 0 aliphatic carbocycles. The highest BCUT2D eigenvalue weighted by molar-refractivity contribution is 5.75. The minimum Gasteiger partial charge on any atom is -0.504 e. The van der Waals surface area contributed by atoms with Gasteiger partial charge in [0.05, 0.1) is 6.61 Å². The van der Waals surface area contributed by atoms with E-state index in [-0.39, 0.29) is 24.5 Å². The first-order valence-electron chi connectivity index (χ1n) is 8.96. The molecule has 0 fully saturated rings. The van der Waals surface area contributed by atoms with Crippen LogP contribution in [-0.4, -0.2) is 39.9 Å². The number of carbonyl (C=O) groups is 2. The molecule has 26 heavy (non-hydrogen) atoms. The fourth-order valence-electron chi connectivity index (χ4n) is 2.16. The van der Waals surface area contributed by atoms with Crippen LogP contribution in [0, 0.1) is 0 Å². The van der Waals surface area contributed by atoms with E-state index in [0.29, 0.717) is 12.0 Å². The number of hydrogen-bond donors (Lipinski definition) is 4. The van der Waals surface area contributed by atoms with Crippen molar-refractivity contribution >= 4 is 11.9 Å². The number of nitrogens with two attached hydrogens (primary N) is 1. The first kappa shape index (κ1) is 23.7. The Kier molecular flexibility index (Phi) is 12.7. The van der Waals surface area contributed by atoms with Gasteiger partial charge in [-0.15, -0.1) is 0 Å². The van der Waals surface area contributed by atoms with Crippen LogP contribution >= 0.6 is 0 Å². The zero-order valence-electron chi connectivity index (χ0n) is 15.6. The van der Waals surface area contributed by atoms with Crippen molar-refractivity contribution in [1.82, 2.24) is 0 Å². The molecule has 0 aromatic heterocycles. The number of phenols is 2. The van der Waals surface area contributed by atoms with E-state index in [2.05, 4.69) is 6.92 Å². The second-order valence-electron chi connectivity index (χ2n) is 5.94. The van der Waals surface area contributed by atoms with E-state index in [1.165, 1.54) is 31.4 Å². The van der Waals surface area contributed by atoms with Crippen LogP contribution in [0.25, 0.3) is 0 Å². The number of carboxylic acids is 1. The summed E-state index contributed by atoms with van der Waals surface area (Å²) in [7, 11) is 0. The normalized spacial score (nSPS) is 11.2. The lowest BCUT2D eigenvalue weighted by Gasteiger charge is -2.10. The third kappa shape index (κ3) is 11.3. The van der Waals surface area contributed by atoms with E-state index < -0.39 is 18.0 Å². The van der Waals surface area contributed by atoms with Gasteiger partial charge in [-0.3, -0.25) is 9.59 Å². The number of hydrogen-bond acceptors (Lipinski definition) is 6. The van der Waals surface area contributed by atoms with E-state index in [9.17, 15) is 14.7 Å². The van der Waals surface area contributed by atoms with Crippen LogP contribution in [0.3, 0.4) is 0 Å². The number of aromatic hydroxyl groups is 2. The highest BCUT2D eigenvalue weighted by atomic mass is 16.5. The number of phenolic OH excluding ortho intramolecular Hbond substituents is 2. The molecule has 1 aromatic carbocycles. The predicted octanol–water partition coefficient (Wildman–Crippen LogP) is 2.96. The van der Waals surface area contributed by atoms with E-state index in [1.807, 2.05) is 0 Å². The molecule has 1 rings (SSSR count). The van der Waals surface area contributed by atoms with Gasteiger partial charge in [-0.05, 0) is 37.5 Å². The van der Waals surface area contributed by atoms with E-state index in [0.717, 1.165) is 12.8 Å². The third-order valence-electron chi connectivity index (χ3n) is 3.58. The molecular formula is C19H31NO6. The second-order valence-corrected chi connectivity index (χ2v) is 5.94. The minimum atomic E-state index is -0.760. The number of carbonyl (C=O) groups excluding carboxylic acids is 1. The highest BCUT2D eigenvalue weighted by Crippen LogP contribution is 2.25. The van der Waals surface area contributed by atoms with Gasteiger partial charge >= 0.3 is 11.9 Å². The minimum absolute atomic E-state index is 0.201. The summed E-state index contributed by atoms with van der Waals surface area (Å²) in [6.07, 6.45) is 6.14. The maximum atomic E-state index is 11.2. The van der Waals surface area contributed by atoms with Gasteiger partial charge in [-0.2, -0.15) is 0 Å². The van der Waals surface area contributed by atoms with Crippen LogP contribution in [0.15, 0.2) is 18.2 Å². The Hall–Kier alpha value is -2.28. The predicted molar refractivity (Wildman–Crippen MR) is 99.1 cm³/mol. The molecule has 0 unspecified atom stereocenters. The van der Waals surface area contributed by atoms with Gasteiger partial charge in [0.2, 0.25) is 0 Å². The van der Waals surface area contributed by atoms with Crippen molar-refractivity contribution in [3.05, 3.63) is 23.8 Å². The smallest absolute Gasteiger partial charge is 0.323 e. The first-order valence-corrected chi connectivity index (χ1v) is 8.96. The van der Waals surface area contributed by atoms with Gasteiger partial charge in [0, 0.05) is 6.42 Å². The standard InChI is InChI=1S/C11H15NO4.C8H16O2/c1-2-16-11(15)8(12)5-7-3-4-9(13)10(14)6-7;1-2-3-4-5-6-7-8(9)10/h3-4,6,8,13-14H,2,5,12H2,1H3;2-7H2,1H3,(H,9,10)/t8-;/m0./s1. The fraction of sp³-hybridized carbons (Fsp3) is 0.579. The van der Waals surface area contributed by atoms with Crippen LogP contribution in [0.4, 0.5) is 0 Å². The average molecular weight is 369 g/mol. The van der Waals surface area contributed by atoms with Crippen molar-refractivity contribution in [1.29, 1.82) is 0 Å². The molecule has 7 heteroatoms. The quantitative estimate of drug-likeness (QED) is 0.283. The van der Waals surface area contributed by atoms with Crippen LogP contribution < -0.4 is 5.73 Å². The Morgan fingerprint density at radius 2 is 1.73 bits per heavy atom. The molecule has 0 amide bonds. The number of carboxylic acid groups (broad SMARTS) is 1. The highest BCUT2D eigenvalue weighted by Gasteiger charge is 2.15. The largest absolute Gasteiger partial charge is 0.504 e. The molecule has 0 saturated carbocycles. The number of esters is 1. The molecular weight excluding hydrogens is 338 g/mol. The molecule has 5 N–H and O–H groups in total. The zero-order chi connectivity index (χ0) is 19.9. The summed E-state index contributed by atoms with van der Waals surface area (Å²) < 4.78 is 4.75. The van der Waals surface area contributed by atoms with E-state index in [1.54, 1.807) is 13.0 Å². The number of benzene rings is 1.